The molecular weight excluding hydrogens is 286 g/mol. The van der Waals surface area contributed by atoms with Gasteiger partial charge in [-0.15, -0.1) is 0 Å². The minimum absolute atomic E-state index is 0.221. The van der Waals surface area contributed by atoms with E-state index in [-0.39, 0.29) is 5.75 Å². The van der Waals surface area contributed by atoms with Gasteiger partial charge in [0.15, 0.2) is 0 Å². The highest BCUT2D eigenvalue weighted by Gasteiger charge is 2.05. The predicted octanol–water partition coefficient (Wildman–Crippen LogP) is 0.716. The minimum atomic E-state index is 0.221. The molecule has 4 heteroatoms. The fourth-order valence-electron chi connectivity index (χ4n) is 2.91. The molecule has 1 aromatic carbocycles. The molecule has 0 fully saturated rings. The van der Waals surface area contributed by atoms with Crippen molar-refractivity contribution in [2.24, 2.45) is 4.99 Å². The smallest absolute Gasteiger partial charge is 0.141 e. The van der Waals surface area contributed by atoms with E-state index in [0.717, 1.165) is 38.6 Å². The third-order valence-corrected chi connectivity index (χ3v) is 4.05. The molecular formula is C19H17N3O. The van der Waals surface area contributed by atoms with Crippen LogP contribution in [0.2, 0.25) is 0 Å². The van der Waals surface area contributed by atoms with Crippen molar-refractivity contribution in [2.75, 3.05) is 0 Å². The lowest BCUT2D eigenvalue weighted by molar-refractivity contribution is 0.471. The number of fused-ring (bicyclic) bond motifs is 1. The van der Waals surface area contributed by atoms with Crippen molar-refractivity contribution < 1.29 is 5.11 Å². The Labute approximate surface area is 132 Å². The molecule has 0 amide bonds. The molecule has 114 valence electrons. The SMILES string of the molecule is Cc1cc(C)c(C=c2[nH]c(=C3C=c4ccccc4=N3)cc2O)[nH]1. The molecule has 4 rings (SSSR count). The van der Waals surface area contributed by atoms with Crippen LogP contribution in [-0.4, -0.2) is 15.1 Å². The maximum atomic E-state index is 10.2. The van der Waals surface area contributed by atoms with Gasteiger partial charge in [-0.05, 0) is 43.7 Å². The lowest BCUT2D eigenvalue weighted by Gasteiger charge is -1.90. The van der Waals surface area contributed by atoms with Gasteiger partial charge in [-0.1, -0.05) is 18.2 Å². The van der Waals surface area contributed by atoms with Crippen LogP contribution in [0.15, 0.2) is 41.4 Å². The van der Waals surface area contributed by atoms with E-state index in [1.54, 1.807) is 6.07 Å². The van der Waals surface area contributed by atoms with Gasteiger partial charge in [0.25, 0.3) is 0 Å². The lowest BCUT2D eigenvalue weighted by atomic mass is 10.2. The Morgan fingerprint density at radius 2 is 1.91 bits per heavy atom. The Kier molecular flexibility index (Phi) is 2.98. The van der Waals surface area contributed by atoms with Crippen molar-refractivity contribution in [1.29, 1.82) is 0 Å². The third-order valence-electron chi connectivity index (χ3n) is 4.05. The largest absolute Gasteiger partial charge is 0.506 e. The first-order valence-electron chi connectivity index (χ1n) is 7.56. The lowest BCUT2D eigenvalue weighted by Crippen LogP contribution is -2.19. The fraction of sp³-hybridized carbons (Fsp3) is 0.105. The van der Waals surface area contributed by atoms with E-state index >= 15 is 0 Å². The van der Waals surface area contributed by atoms with Gasteiger partial charge in [0.1, 0.15) is 5.75 Å². The maximum absolute atomic E-state index is 10.2. The first kappa shape index (κ1) is 13.6. The van der Waals surface area contributed by atoms with Crippen molar-refractivity contribution >= 4 is 17.8 Å². The summed E-state index contributed by atoms with van der Waals surface area (Å²) in [5, 5.41) is 13.8. The number of hydrogen-bond acceptors (Lipinski definition) is 2. The first-order valence-corrected chi connectivity index (χ1v) is 7.56. The van der Waals surface area contributed by atoms with Crippen LogP contribution in [0.1, 0.15) is 17.0 Å². The second kappa shape index (κ2) is 5.02. The summed E-state index contributed by atoms with van der Waals surface area (Å²) in [7, 11) is 0. The third kappa shape index (κ3) is 2.38. The van der Waals surface area contributed by atoms with Crippen LogP contribution >= 0.6 is 0 Å². The monoisotopic (exact) mass is 303 g/mol. The van der Waals surface area contributed by atoms with E-state index in [4.69, 9.17) is 0 Å². The molecule has 1 aliphatic heterocycles. The standard InChI is InChI=1S/C19H17N3O/c1-11-7-12(2)20-15(11)9-18-19(23)10-17(22-18)16-8-13-5-3-4-6-14(13)21-16/h3-10,20,22-23H,1-2H3. The normalized spacial score (nSPS) is 16.2. The molecule has 1 aliphatic rings. The van der Waals surface area contributed by atoms with Gasteiger partial charge < -0.3 is 15.1 Å². The van der Waals surface area contributed by atoms with Crippen LogP contribution in [0.4, 0.5) is 0 Å². The number of aromatic hydroxyl groups is 1. The molecule has 23 heavy (non-hydrogen) atoms. The number of aromatic nitrogens is 2. The molecule has 0 atom stereocenters. The Morgan fingerprint density at radius 1 is 1.09 bits per heavy atom. The van der Waals surface area contributed by atoms with Gasteiger partial charge >= 0.3 is 0 Å². The van der Waals surface area contributed by atoms with Crippen molar-refractivity contribution in [1.82, 2.24) is 9.97 Å². The second-order valence-electron chi connectivity index (χ2n) is 5.88. The Balaban J connectivity index is 1.91. The van der Waals surface area contributed by atoms with Crippen LogP contribution in [0, 0.1) is 13.8 Å². The summed E-state index contributed by atoms with van der Waals surface area (Å²) in [6.07, 6.45) is 3.94. The Bertz CT molecular complexity index is 1110. The van der Waals surface area contributed by atoms with Crippen molar-refractivity contribution in [3.05, 3.63) is 74.6 Å². The van der Waals surface area contributed by atoms with E-state index < -0.39 is 0 Å². The number of hydrogen-bond donors (Lipinski definition) is 3. The van der Waals surface area contributed by atoms with Gasteiger partial charge in [0, 0.05) is 22.7 Å². The highest BCUT2D eigenvalue weighted by molar-refractivity contribution is 5.76. The van der Waals surface area contributed by atoms with Crippen LogP contribution in [0.5, 0.6) is 5.75 Å². The summed E-state index contributed by atoms with van der Waals surface area (Å²) in [6, 6.07) is 11.8. The van der Waals surface area contributed by atoms with Crippen molar-refractivity contribution in [2.45, 2.75) is 13.8 Å². The number of rotatable bonds is 1. The Hall–Kier alpha value is -3.01. The number of aryl methyl sites for hydroxylation is 2. The second-order valence-corrected chi connectivity index (χ2v) is 5.88. The van der Waals surface area contributed by atoms with E-state index in [9.17, 15) is 5.11 Å². The number of nitrogens with one attached hydrogen (secondary N) is 2. The highest BCUT2D eigenvalue weighted by atomic mass is 16.3. The van der Waals surface area contributed by atoms with Crippen molar-refractivity contribution in [3.8, 4) is 5.75 Å². The molecule has 0 bridgehead atoms. The average molecular weight is 303 g/mol. The van der Waals surface area contributed by atoms with E-state index in [0.29, 0.717) is 5.35 Å². The van der Waals surface area contributed by atoms with E-state index in [2.05, 4.69) is 21.0 Å². The molecule has 3 aromatic rings. The van der Waals surface area contributed by atoms with E-state index in [1.807, 2.05) is 50.3 Å². The summed E-state index contributed by atoms with van der Waals surface area (Å²) < 4.78 is 0. The minimum Gasteiger partial charge on any atom is -0.506 e. The van der Waals surface area contributed by atoms with Gasteiger partial charge in [0.2, 0.25) is 0 Å². The summed E-state index contributed by atoms with van der Waals surface area (Å²) >= 11 is 0. The van der Waals surface area contributed by atoms with Gasteiger partial charge in [-0.3, -0.25) is 0 Å². The topological polar surface area (TPSA) is 64.2 Å². The van der Waals surface area contributed by atoms with Crippen LogP contribution in [0.3, 0.4) is 0 Å². The summed E-state index contributed by atoms with van der Waals surface area (Å²) in [4.78, 5) is 11.1. The summed E-state index contributed by atoms with van der Waals surface area (Å²) in [5.74, 6) is 0.221. The first-order chi connectivity index (χ1) is 11.1. The van der Waals surface area contributed by atoms with Crippen molar-refractivity contribution in [3.63, 3.8) is 0 Å². The number of aromatic amines is 2. The molecule has 4 nitrogen and oxygen atoms in total. The zero-order chi connectivity index (χ0) is 16.0. The molecule has 0 aliphatic carbocycles. The highest BCUT2D eigenvalue weighted by Crippen LogP contribution is 2.10. The number of benzene rings is 1. The predicted molar refractivity (Wildman–Crippen MR) is 90.6 cm³/mol. The van der Waals surface area contributed by atoms with Crippen LogP contribution in [-0.2, 0) is 0 Å². The van der Waals surface area contributed by atoms with Gasteiger partial charge in [0.05, 0.1) is 21.8 Å². The zero-order valence-corrected chi connectivity index (χ0v) is 13.0. The quantitative estimate of drug-likeness (QED) is 0.609. The number of nitrogens with zero attached hydrogens (tertiary/aromatic N) is 1. The molecule has 2 aromatic heterocycles. The van der Waals surface area contributed by atoms with Crippen LogP contribution < -0.4 is 21.3 Å². The molecule has 3 N–H and O–H groups in total. The number of para-hydroxylation sites is 1. The van der Waals surface area contributed by atoms with E-state index in [1.165, 1.54) is 0 Å². The average Bonchev–Trinajstić information content (AvgIpc) is 3.18. The Morgan fingerprint density at radius 3 is 2.65 bits per heavy atom. The number of H-pyrrole nitrogens is 2. The van der Waals surface area contributed by atoms with Gasteiger partial charge in [-0.25, -0.2) is 4.99 Å². The fourth-order valence-corrected chi connectivity index (χ4v) is 2.91. The van der Waals surface area contributed by atoms with Crippen LogP contribution in [0.25, 0.3) is 17.8 Å². The molecule has 3 heterocycles. The molecule has 0 spiro atoms. The summed E-state index contributed by atoms with van der Waals surface area (Å²) in [6.45, 7) is 4.06. The molecule has 0 unspecified atom stereocenters. The zero-order valence-electron chi connectivity index (χ0n) is 13.0. The van der Waals surface area contributed by atoms with Gasteiger partial charge in [-0.2, -0.15) is 0 Å². The molecule has 0 radical (unpaired) electrons. The maximum Gasteiger partial charge on any atom is 0.141 e. The summed E-state index contributed by atoms with van der Waals surface area (Å²) in [5.41, 5.74) is 4.08. The molecule has 0 saturated carbocycles. The molecule has 0 saturated heterocycles.